The van der Waals surface area contributed by atoms with Gasteiger partial charge in [-0.05, 0) is 49.4 Å². The molecule has 1 aliphatic rings. The van der Waals surface area contributed by atoms with Crippen LogP contribution in [0.5, 0.6) is 0 Å². The first kappa shape index (κ1) is 7.35. The van der Waals surface area contributed by atoms with Gasteiger partial charge in [-0.1, -0.05) is 30.3 Å². The summed E-state index contributed by atoms with van der Waals surface area (Å²) in [5, 5.41) is 2.84. The Kier molecular flexibility index (Phi) is 1.98. The molecular formula is C10H9I. The predicted octanol–water partition coefficient (Wildman–Crippen LogP) is 1.80. The molecule has 0 spiro atoms. The largest absolute Gasteiger partial charge is 0.0763 e. The van der Waals surface area contributed by atoms with E-state index in [1.54, 1.807) is 0 Å². The molecule has 0 saturated heterocycles. The van der Waals surface area contributed by atoms with E-state index in [-0.39, 0.29) is 0 Å². The van der Waals surface area contributed by atoms with Gasteiger partial charge in [0.2, 0.25) is 0 Å². The van der Waals surface area contributed by atoms with Crippen LogP contribution >= 0.6 is 22.6 Å². The van der Waals surface area contributed by atoms with Gasteiger partial charge in [0.1, 0.15) is 0 Å². The third kappa shape index (κ3) is 1.34. The Morgan fingerprint density at radius 1 is 1.18 bits per heavy atom. The van der Waals surface area contributed by atoms with Crippen molar-refractivity contribution < 1.29 is 0 Å². The SMILES string of the molecule is IC1=c2ccccc2=CCC1. The zero-order chi connectivity index (χ0) is 7.68. The molecule has 0 radical (unpaired) electrons. The standard InChI is InChI=1S/C10H9I/c11-10-7-3-5-8-4-1-2-6-9(8)10/h1-2,4-6H,3,7H2. The molecule has 0 aromatic heterocycles. The Hall–Kier alpha value is -0.310. The second kappa shape index (κ2) is 2.97. The van der Waals surface area contributed by atoms with Crippen LogP contribution in [-0.2, 0) is 0 Å². The quantitative estimate of drug-likeness (QED) is 0.621. The van der Waals surface area contributed by atoms with Crippen molar-refractivity contribution in [2.24, 2.45) is 0 Å². The predicted molar refractivity (Wildman–Crippen MR) is 56.8 cm³/mol. The van der Waals surface area contributed by atoms with Crippen LogP contribution < -0.4 is 10.4 Å². The topological polar surface area (TPSA) is 0 Å². The van der Waals surface area contributed by atoms with Crippen molar-refractivity contribution in [2.45, 2.75) is 12.8 Å². The van der Waals surface area contributed by atoms with Gasteiger partial charge < -0.3 is 0 Å². The molecule has 56 valence electrons. The van der Waals surface area contributed by atoms with Gasteiger partial charge in [0.25, 0.3) is 0 Å². The summed E-state index contributed by atoms with van der Waals surface area (Å²) in [6.07, 6.45) is 4.74. The van der Waals surface area contributed by atoms with Gasteiger partial charge in [-0.3, -0.25) is 0 Å². The molecule has 11 heavy (non-hydrogen) atoms. The maximum Gasteiger partial charge on any atom is -0.00127 e. The fourth-order valence-electron chi connectivity index (χ4n) is 1.41. The van der Waals surface area contributed by atoms with E-state index in [4.69, 9.17) is 0 Å². The minimum absolute atomic E-state index is 1.20. The summed E-state index contributed by atoms with van der Waals surface area (Å²) in [6, 6.07) is 8.60. The lowest BCUT2D eigenvalue weighted by Gasteiger charge is -2.02. The fourth-order valence-corrected chi connectivity index (χ4v) is 2.21. The first-order chi connectivity index (χ1) is 5.38. The monoisotopic (exact) mass is 256 g/mol. The molecule has 0 unspecified atom stereocenters. The average Bonchev–Trinajstić information content (AvgIpc) is 2.06. The van der Waals surface area contributed by atoms with Crippen molar-refractivity contribution in [3.05, 3.63) is 34.7 Å². The van der Waals surface area contributed by atoms with Gasteiger partial charge in [0.05, 0.1) is 0 Å². The van der Waals surface area contributed by atoms with Crippen LogP contribution in [0.1, 0.15) is 12.8 Å². The van der Waals surface area contributed by atoms with Gasteiger partial charge >= 0.3 is 0 Å². The molecule has 2 rings (SSSR count). The second-order valence-corrected chi connectivity index (χ2v) is 4.04. The van der Waals surface area contributed by atoms with Crippen LogP contribution in [0.2, 0.25) is 0 Å². The van der Waals surface area contributed by atoms with E-state index >= 15 is 0 Å². The summed E-state index contributed by atoms with van der Waals surface area (Å²) in [5.74, 6) is 0. The van der Waals surface area contributed by atoms with Crippen molar-refractivity contribution >= 4 is 32.2 Å². The van der Waals surface area contributed by atoms with Crippen molar-refractivity contribution in [3.8, 4) is 0 Å². The molecule has 1 aromatic carbocycles. The zero-order valence-electron chi connectivity index (χ0n) is 6.18. The Morgan fingerprint density at radius 3 is 2.82 bits per heavy atom. The Labute approximate surface area is 79.8 Å². The van der Waals surface area contributed by atoms with E-state index in [9.17, 15) is 0 Å². The van der Waals surface area contributed by atoms with Gasteiger partial charge in [-0.2, -0.15) is 0 Å². The zero-order valence-corrected chi connectivity index (χ0v) is 8.34. The Bertz CT molecular complexity index is 376. The highest BCUT2D eigenvalue weighted by molar-refractivity contribution is 14.1. The number of hydrogen-bond acceptors (Lipinski definition) is 0. The molecule has 0 amide bonds. The average molecular weight is 256 g/mol. The maximum absolute atomic E-state index is 2.44. The van der Waals surface area contributed by atoms with Crippen LogP contribution in [-0.4, -0.2) is 0 Å². The summed E-state index contributed by atoms with van der Waals surface area (Å²) >= 11 is 2.44. The number of fused-ring (bicyclic) bond motifs is 1. The first-order valence-corrected chi connectivity index (χ1v) is 4.90. The molecule has 0 nitrogen and oxygen atoms in total. The highest BCUT2D eigenvalue weighted by atomic mass is 127. The maximum atomic E-state index is 2.44. The van der Waals surface area contributed by atoms with Crippen molar-refractivity contribution in [1.29, 1.82) is 0 Å². The smallest absolute Gasteiger partial charge is 0.00127 e. The third-order valence-corrected chi connectivity index (χ3v) is 3.10. The summed E-state index contributed by atoms with van der Waals surface area (Å²) in [4.78, 5) is 0. The molecule has 0 heterocycles. The fraction of sp³-hybridized carbons (Fsp3) is 0.200. The lowest BCUT2D eigenvalue weighted by Crippen LogP contribution is -2.27. The molecule has 0 N–H and O–H groups in total. The minimum Gasteiger partial charge on any atom is -0.0763 e. The number of halogens is 1. The third-order valence-electron chi connectivity index (χ3n) is 1.98. The van der Waals surface area contributed by atoms with Gasteiger partial charge in [0.15, 0.2) is 0 Å². The van der Waals surface area contributed by atoms with E-state index < -0.39 is 0 Å². The van der Waals surface area contributed by atoms with Crippen molar-refractivity contribution in [1.82, 2.24) is 0 Å². The lowest BCUT2D eigenvalue weighted by atomic mass is 10.1. The summed E-state index contributed by atoms with van der Waals surface area (Å²) in [5.41, 5.74) is 0. The van der Waals surface area contributed by atoms with E-state index in [0.29, 0.717) is 0 Å². The first-order valence-electron chi connectivity index (χ1n) is 3.82. The summed E-state index contributed by atoms with van der Waals surface area (Å²) in [7, 11) is 0. The van der Waals surface area contributed by atoms with E-state index in [1.807, 2.05) is 0 Å². The highest BCUT2D eigenvalue weighted by Gasteiger charge is 1.98. The Morgan fingerprint density at radius 2 is 2.00 bits per heavy atom. The van der Waals surface area contributed by atoms with Gasteiger partial charge in [0, 0.05) is 0 Å². The van der Waals surface area contributed by atoms with E-state index in [1.165, 1.54) is 26.9 Å². The van der Waals surface area contributed by atoms with Gasteiger partial charge in [-0.25, -0.2) is 0 Å². The number of hydrogen-bond donors (Lipinski definition) is 0. The molecule has 0 aliphatic heterocycles. The van der Waals surface area contributed by atoms with Gasteiger partial charge in [-0.15, -0.1) is 0 Å². The summed E-state index contributed by atoms with van der Waals surface area (Å²) < 4.78 is 1.50. The molecular weight excluding hydrogens is 247 g/mol. The van der Waals surface area contributed by atoms with E-state index in [2.05, 4.69) is 52.9 Å². The summed E-state index contributed by atoms with van der Waals surface area (Å²) in [6.45, 7) is 0. The molecule has 0 saturated carbocycles. The number of benzene rings is 1. The van der Waals surface area contributed by atoms with Crippen molar-refractivity contribution in [2.75, 3.05) is 0 Å². The minimum atomic E-state index is 1.20. The molecule has 1 aliphatic carbocycles. The normalized spacial score (nSPS) is 15.5. The lowest BCUT2D eigenvalue weighted by molar-refractivity contribution is 1.11. The number of rotatable bonds is 0. The van der Waals surface area contributed by atoms with Crippen LogP contribution in [0, 0.1) is 0 Å². The molecule has 0 fully saturated rings. The molecule has 0 bridgehead atoms. The van der Waals surface area contributed by atoms with Crippen molar-refractivity contribution in [3.63, 3.8) is 0 Å². The van der Waals surface area contributed by atoms with E-state index in [0.717, 1.165) is 0 Å². The van der Waals surface area contributed by atoms with Crippen LogP contribution in [0.3, 0.4) is 0 Å². The second-order valence-electron chi connectivity index (χ2n) is 2.73. The van der Waals surface area contributed by atoms with Crippen LogP contribution in [0.25, 0.3) is 9.66 Å². The van der Waals surface area contributed by atoms with Crippen LogP contribution in [0.15, 0.2) is 24.3 Å². The Balaban J connectivity index is 2.89. The van der Waals surface area contributed by atoms with Crippen LogP contribution in [0.4, 0.5) is 0 Å². The molecule has 0 atom stereocenters. The highest BCUT2D eigenvalue weighted by Crippen LogP contribution is 2.14. The molecule has 1 aromatic rings. The molecule has 1 heteroatoms.